The highest BCUT2D eigenvalue weighted by Crippen LogP contribution is 2.02. The summed E-state index contributed by atoms with van der Waals surface area (Å²) in [5.41, 5.74) is 1.16. The van der Waals surface area contributed by atoms with Crippen molar-refractivity contribution in [2.75, 3.05) is 0 Å². The van der Waals surface area contributed by atoms with Crippen molar-refractivity contribution in [1.82, 2.24) is 0 Å². The van der Waals surface area contributed by atoms with Gasteiger partial charge in [0.1, 0.15) is 0 Å². The van der Waals surface area contributed by atoms with Gasteiger partial charge in [-0.25, -0.2) is 4.40 Å². The summed E-state index contributed by atoms with van der Waals surface area (Å²) in [7, 11) is 0. The van der Waals surface area contributed by atoms with Crippen LogP contribution in [0.5, 0.6) is 0 Å². The molecule has 0 aliphatic rings. The lowest BCUT2D eigenvalue weighted by molar-refractivity contribution is 1.27. The Bertz CT molecular complexity index is 96.7. The summed E-state index contributed by atoms with van der Waals surface area (Å²) < 4.78 is 4.08. The Balaban J connectivity index is 3.40. The minimum Gasteiger partial charge on any atom is -0.221 e. The lowest BCUT2D eigenvalue weighted by Gasteiger charge is -1.87. The summed E-state index contributed by atoms with van der Waals surface area (Å²) in [5.74, 6) is 0. The fourth-order valence-electron chi connectivity index (χ4n) is 0.192. The summed E-state index contributed by atoms with van der Waals surface area (Å²) in [6, 6.07) is 0. The summed E-state index contributed by atoms with van der Waals surface area (Å²) in [4.78, 5) is 0. The van der Waals surface area contributed by atoms with Gasteiger partial charge >= 0.3 is 0 Å². The van der Waals surface area contributed by atoms with Crippen LogP contribution in [0.25, 0.3) is 0 Å². The predicted octanol–water partition coefficient (Wildman–Crippen LogP) is 2.65. The largest absolute Gasteiger partial charge is 0.221 e. The standard InChI is InChI=1S/C6H11NS/c1-4-6(3)7-8-5-2/h5H,2,4H2,1,3H3. The highest BCUT2D eigenvalue weighted by Gasteiger charge is 1.80. The normalized spacial score (nSPS) is 11.5. The van der Waals surface area contributed by atoms with Crippen molar-refractivity contribution in [3.05, 3.63) is 12.0 Å². The molecule has 0 unspecified atom stereocenters. The molecule has 0 aromatic heterocycles. The minimum absolute atomic E-state index is 1.03. The fraction of sp³-hybridized carbons (Fsp3) is 0.500. The third kappa shape index (κ3) is 3.93. The van der Waals surface area contributed by atoms with Gasteiger partial charge in [-0.15, -0.1) is 0 Å². The zero-order valence-corrected chi connectivity index (χ0v) is 6.16. The van der Waals surface area contributed by atoms with E-state index >= 15 is 0 Å². The molecule has 0 N–H and O–H groups in total. The quantitative estimate of drug-likeness (QED) is 0.421. The maximum atomic E-state index is 4.08. The number of hydrogen-bond acceptors (Lipinski definition) is 2. The molecule has 0 spiro atoms. The number of hydrogen-bond donors (Lipinski definition) is 0. The van der Waals surface area contributed by atoms with Gasteiger partial charge in [0.2, 0.25) is 0 Å². The molecule has 0 heterocycles. The van der Waals surface area contributed by atoms with E-state index in [4.69, 9.17) is 0 Å². The summed E-state index contributed by atoms with van der Waals surface area (Å²) >= 11 is 1.39. The van der Waals surface area contributed by atoms with Crippen molar-refractivity contribution in [2.24, 2.45) is 4.40 Å². The lowest BCUT2D eigenvalue weighted by Crippen LogP contribution is -1.82. The third-order valence-corrected chi connectivity index (χ3v) is 1.36. The first-order valence-corrected chi connectivity index (χ1v) is 3.45. The SMILES string of the molecule is C=CSN=C(C)CC. The van der Waals surface area contributed by atoms with Gasteiger partial charge < -0.3 is 0 Å². The van der Waals surface area contributed by atoms with E-state index in [1.54, 1.807) is 5.41 Å². The van der Waals surface area contributed by atoms with Gasteiger partial charge in [-0.2, -0.15) is 0 Å². The number of nitrogens with zero attached hydrogens (tertiary/aromatic N) is 1. The second-order valence-corrected chi connectivity index (χ2v) is 2.18. The van der Waals surface area contributed by atoms with E-state index in [2.05, 4.69) is 17.9 Å². The first kappa shape index (κ1) is 7.76. The number of rotatable bonds is 3. The van der Waals surface area contributed by atoms with Crippen LogP contribution in [0.3, 0.4) is 0 Å². The van der Waals surface area contributed by atoms with Crippen LogP contribution in [-0.4, -0.2) is 5.71 Å². The average molecular weight is 129 g/mol. The molecule has 0 aromatic carbocycles. The van der Waals surface area contributed by atoms with Crippen LogP contribution in [0.2, 0.25) is 0 Å². The molecule has 0 fully saturated rings. The molecule has 0 aromatic rings. The van der Waals surface area contributed by atoms with E-state index in [1.165, 1.54) is 11.9 Å². The molecule has 0 saturated heterocycles. The molecule has 8 heavy (non-hydrogen) atoms. The van der Waals surface area contributed by atoms with Gasteiger partial charge in [-0.05, 0) is 18.8 Å². The third-order valence-electron chi connectivity index (χ3n) is 0.795. The Morgan fingerprint density at radius 3 is 2.88 bits per heavy atom. The molecule has 1 nitrogen and oxygen atoms in total. The van der Waals surface area contributed by atoms with E-state index in [0.29, 0.717) is 0 Å². The molecule has 0 atom stereocenters. The first-order valence-electron chi connectivity index (χ1n) is 2.61. The van der Waals surface area contributed by atoms with Crippen molar-refractivity contribution in [3.8, 4) is 0 Å². The van der Waals surface area contributed by atoms with Crippen LogP contribution in [-0.2, 0) is 0 Å². The first-order chi connectivity index (χ1) is 3.81. The van der Waals surface area contributed by atoms with Gasteiger partial charge in [0.05, 0.1) is 0 Å². The van der Waals surface area contributed by atoms with Crippen molar-refractivity contribution < 1.29 is 0 Å². The van der Waals surface area contributed by atoms with Crippen LogP contribution >= 0.6 is 11.9 Å². The van der Waals surface area contributed by atoms with Crippen LogP contribution in [0.1, 0.15) is 20.3 Å². The Kier molecular flexibility index (Phi) is 4.76. The average Bonchev–Trinajstić information content (AvgIpc) is 1.83. The monoisotopic (exact) mass is 129 g/mol. The molecule has 0 saturated carbocycles. The minimum atomic E-state index is 1.03. The Labute approximate surface area is 55.0 Å². The fourth-order valence-corrected chi connectivity index (χ4v) is 0.575. The molecule has 0 radical (unpaired) electrons. The maximum Gasteiger partial charge on any atom is 0.0232 e. The molecule has 0 amide bonds. The van der Waals surface area contributed by atoms with Gasteiger partial charge in [-0.3, -0.25) is 0 Å². The Morgan fingerprint density at radius 2 is 2.50 bits per heavy atom. The van der Waals surface area contributed by atoms with Gasteiger partial charge in [-0.1, -0.05) is 13.5 Å². The van der Waals surface area contributed by atoms with Gasteiger partial charge in [0, 0.05) is 17.7 Å². The highest BCUT2D eigenvalue weighted by atomic mass is 32.2. The molecular formula is C6H11NS. The van der Waals surface area contributed by atoms with Crippen LogP contribution in [0.4, 0.5) is 0 Å². The topological polar surface area (TPSA) is 12.4 Å². The van der Waals surface area contributed by atoms with E-state index < -0.39 is 0 Å². The molecule has 0 bridgehead atoms. The van der Waals surface area contributed by atoms with E-state index in [1.807, 2.05) is 6.92 Å². The van der Waals surface area contributed by atoms with Gasteiger partial charge in [0.25, 0.3) is 0 Å². The predicted molar refractivity (Wildman–Crippen MR) is 41.2 cm³/mol. The van der Waals surface area contributed by atoms with E-state index in [-0.39, 0.29) is 0 Å². The lowest BCUT2D eigenvalue weighted by atomic mass is 10.3. The molecule has 0 aliphatic heterocycles. The van der Waals surface area contributed by atoms with Crippen molar-refractivity contribution >= 4 is 17.7 Å². The zero-order chi connectivity index (χ0) is 6.41. The van der Waals surface area contributed by atoms with Crippen molar-refractivity contribution in [1.29, 1.82) is 0 Å². The Morgan fingerprint density at radius 1 is 1.88 bits per heavy atom. The van der Waals surface area contributed by atoms with Crippen molar-refractivity contribution in [2.45, 2.75) is 20.3 Å². The second kappa shape index (κ2) is 4.91. The summed E-state index contributed by atoms with van der Waals surface area (Å²) in [6.07, 6.45) is 1.03. The van der Waals surface area contributed by atoms with Crippen molar-refractivity contribution in [3.63, 3.8) is 0 Å². The highest BCUT2D eigenvalue weighted by molar-refractivity contribution is 8.01. The van der Waals surface area contributed by atoms with Crippen LogP contribution in [0, 0.1) is 0 Å². The Hall–Kier alpha value is -0.240. The van der Waals surface area contributed by atoms with Gasteiger partial charge in [0.15, 0.2) is 0 Å². The zero-order valence-electron chi connectivity index (χ0n) is 5.35. The molecule has 0 rings (SSSR count). The molecular weight excluding hydrogens is 118 g/mol. The van der Waals surface area contributed by atoms with Crippen LogP contribution in [0.15, 0.2) is 16.4 Å². The van der Waals surface area contributed by atoms with Crippen LogP contribution < -0.4 is 0 Å². The summed E-state index contributed by atoms with van der Waals surface area (Å²) in [6.45, 7) is 7.62. The van der Waals surface area contributed by atoms with E-state index in [9.17, 15) is 0 Å². The summed E-state index contributed by atoms with van der Waals surface area (Å²) in [5, 5.41) is 1.72. The molecule has 46 valence electrons. The smallest absolute Gasteiger partial charge is 0.0232 e. The maximum absolute atomic E-state index is 4.08. The second-order valence-electron chi connectivity index (χ2n) is 1.45. The molecule has 2 heteroatoms. The molecule has 0 aliphatic carbocycles. The van der Waals surface area contributed by atoms with E-state index in [0.717, 1.165) is 12.1 Å².